The quantitative estimate of drug-likeness (QED) is 0.0972. The lowest BCUT2D eigenvalue weighted by Gasteiger charge is -2.23. The maximum atomic E-state index is 12.2. The largest absolute Gasteiger partial charge is 0.494 e. The zero-order valence-electron chi connectivity index (χ0n) is 23.3. The van der Waals surface area contributed by atoms with E-state index in [2.05, 4.69) is 38.6 Å². The molecule has 0 heterocycles. The highest BCUT2D eigenvalue weighted by atomic mass is 35.5. The molecule has 7 heteroatoms. The predicted octanol–water partition coefficient (Wildman–Crippen LogP) is 6.83. The van der Waals surface area contributed by atoms with Gasteiger partial charge in [-0.15, -0.1) is 0 Å². The molecule has 0 radical (unpaired) electrons. The number of esters is 1. The summed E-state index contributed by atoms with van der Waals surface area (Å²) in [6.07, 6.45) is 6.91. The van der Waals surface area contributed by atoms with E-state index < -0.39 is 5.97 Å². The number of hydrogen-bond donors (Lipinski definition) is 1. The van der Waals surface area contributed by atoms with E-state index in [0.717, 1.165) is 60.9 Å². The smallest absolute Gasteiger partial charge is 0.343 e. The van der Waals surface area contributed by atoms with Gasteiger partial charge in [0.15, 0.2) is 0 Å². The minimum absolute atomic E-state index is 0.0814. The normalized spacial score (nSPS) is 11.2. The third kappa shape index (κ3) is 11.1. The number of carbonyl (C=O) groups is 2. The highest BCUT2D eigenvalue weighted by Crippen LogP contribution is 2.20. The van der Waals surface area contributed by atoms with Crippen LogP contribution in [0.4, 0.5) is 5.69 Å². The molecule has 0 unspecified atom stereocenters. The van der Waals surface area contributed by atoms with Gasteiger partial charge in [0.25, 0.3) is 0 Å². The standard InChI is InChI=1S/C32H39ClN2O4/c1-35(2,3)28-16-10-25(11-17-28)24-31(36)34-22-8-6-4-5-7-9-23-38-29-18-20-30(21-19-29)39-32(37)26-12-14-27(33)15-13-26/h10-21H,4-9,22-24H2,1-3H3/p+1. The first-order valence-electron chi connectivity index (χ1n) is 13.6. The van der Waals surface area contributed by atoms with Crippen LogP contribution in [-0.2, 0) is 11.2 Å². The van der Waals surface area contributed by atoms with E-state index in [9.17, 15) is 9.59 Å². The first-order chi connectivity index (χ1) is 18.7. The van der Waals surface area contributed by atoms with E-state index in [0.29, 0.717) is 29.4 Å². The van der Waals surface area contributed by atoms with Crippen LogP contribution in [-0.4, -0.2) is 46.2 Å². The van der Waals surface area contributed by atoms with Crippen LogP contribution in [0.2, 0.25) is 5.02 Å². The molecule has 0 aliphatic heterocycles. The number of halogens is 1. The van der Waals surface area contributed by atoms with Gasteiger partial charge in [-0.3, -0.25) is 9.28 Å². The van der Waals surface area contributed by atoms with Gasteiger partial charge in [-0.2, -0.15) is 0 Å². The van der Waals surface area contributed by atoms with E-state index in [4.69, 9.17) is 21.1 Å². The van der Waals surface area contributed by atoms with E-state index in [-0.39, 0.29) is 5.91 Å². The van der Waals surface area contributed by atoms with Gasteiger partial charge in [0.1, 0.15) is 17.2 Å². The average Bonchev–Trinajstić information content (AvgIpc) is 2.91. The van der Waals surface area contributed by atoms with Crippen LogP contribution in [0.5, 0.6) is 11.5 Å². The molecule has 0 bridgehead atoms. The Kier molecular flexibility index (Phi) is 11.8. The number of carbonyl (C=O) groups excluding carboxylic acids is 2. The van der Waals surface area contributed by atoms with Crippen molar-refractivity contribution in [1.29, 1.82) is 0 Å². The van der Waals surface area contributed by atoms with E-state index in [1.165, 1.54) is 5.69 Å². The number of rotatable bonds is 15. The Morgan fingerprint density at radius 3 is 1.97 bits per heavy atom. The highest BCUT2D eigenvalue weighted by molar-refractivity contribution is 6.30. The summed E-state index contributed by atoms with van der Waals surface area (Å²) in [5, 5.41) is 3.61. The first kappa shape index (κ1) is 30.2. The molecule has 6 nitrogen and oxygen atoms in total. The molecule has 0 saturated heterocycles. The molecular weight excluding hydrogens is 512 g/mol. The van der Waals surface area contributed by atoms with Crippen molar-refractivity contribution in [3.63, 3.8) is 0 Å². The molecule has 0 saturated carbocycles. The second-order valence-electron chi connectivity index (χ2n) is 10.5. The highest BCUT2D eigenvalue weighted by Gasteiger charge is 2.12. The van der Waals surface area contributed by atoms with Crippen LogP contribution in [0.1, 0.15) is 54.4 Å². The van der Waals surface area contributed by atoms with Crippen molar-refractivity contribution in [2.75, 3.05) is 34.3 Å². The number of unbranched alkanes of at least 4 members (excludes halogenated alkanes) is 5. The summed E-state index contributed by atoms with van der Waals surface area (Å²) in [6, 6.07) is 21.9. The van der Waals surface area contributed by atoms with E-state index in [1.807, 2.05) is 12.1 Å². The van der Waals surface area contributed by atoms with Gasteiger partial charge in [0.05, 0.1) is 39.7 Å². The third-order valence-electron chi connectivity index (χ3n) is 6.35. The van der Waals surface area contributed by atoms with E-state index >= 15 is 0 Å². The van der Waals surface area contributed by atoms with Crippen LogP contribution in [0.3, 0.4) is 0 Å². The number of hydrogen-bond acceptors (Lipinski definition) is 4. The summed E-state index contributed by atoms with van der Waals surface area (Å²) in [5.74, 6) is 0.871. The molecule has 3 rings (SSSR count). The van der Waals surface area contributed by atoms with Gasteiger partial charge in [0.2, 0.25) is 5.91 Å². The second-order valence-corrected chi connectivity index (χ2v) is 11.0. The van der Waals surface area contributed by atoms with Gasteiger partial charge in [-0.1, -0.05) is 49.4 Å². The van der Waals surface area contributed by atoms with Crippen molar-refractivity contribution in [3.8, 4) is 11.5 Å². The molecular formula is C32H40ClN2O4+. The Hall–Kier alpha value is -3.35. The molecule has 0 atom stereocenters. The Labute approximate surface area is 237 Å². The van der Waals surface area contributed by atoms with Crippen molar-refractivity contribution in [3.05, 3.63) is 88.9 Å². The van der Waals surface area contributed by atoms with Crippen LogP contribution in [0.25, 0.3) is 0 Å². The second kappa shape index (κ2) is 15.3. The van der Waals surface area contributed by atoms with Crippen LogP contribution in [0.15, 0.2) is 72.8 Å². The molecule has 3 aromatic carbocycles. The van der Waals surface area contributed by atoms with Gasteiger partial charge >= 0.3 is 5.97 Å². The molecule has 3 aromatic rings. The fourth-order valence-electron chi connectivity index (χ4n) is 4.02. The molecule has 1 amide bonds. The summed E-state index contributed by atoms with van der Waals surface area (Å²) in [5.41, 5.74) is 2.71. The maximum absolute atomic E-state index is 12.2. The Bertz CT molecular complexity index is 1170. The Balaban J connectivity index is 1.19. The fourth-order valence-corrected chi connectivity index (χ4v) is 4.14. The molecule has 0 aliphatic rings. The number of quaternary nitrogens is 1. The molecule has 0 aliphatic carbocycles. The summed E-state index contributed by atoms with van der Waals surface area (Å²) >= 11 is 5.85. The van der Waals surface area contributed by atoms with Crippen molar-refractivity contribution in [2.24, 2.45) is 0 Å². The van der Waals surface area contributed by atoms with Crippen LogP contribution < -0.4 is 19.3 Å². The molecule has 0 fully saturated rings. The molecule has 208 valence electrons. The lowest BCUT2D eigenvalue weighted by atomic mass is 10.1. The van der Waals surface area contributed by atoms with Gasteiger partial charge in [-0.25, -0.2) is 4.79 Å². The topological polar surface area (TPSA) is 64.6 Å². The lowest BCUT2D eigenvalue weighted by molar-refractivity contribution is -0.120. The zero-order valence-corrected chi connectivity index (χ0v) is 24.0. The van der Waals surface area contributed by atoms with Gasteiger partial charge < -0.3 is 14.8 Å². The lowest BCUT2D eigenvalue weighted by Crippen LogP contribution is -2.34. The predicted molar refractivity (Wildman–Crippen MR) is 159 cm³/mol. The summed E-state index contributed by atoms with van der Waals surface area (Å²) in [4.78, 5) is 24.4. The molecule has 0 aromatic heterocycles. The summed E-state index contributed by atoms with van der Waals surface area (Å²) in [6.45, 7) is 1.37. The van der Waals surface area contributed by atoms with Crippen molar-refractivity contribution < 1.29 is 19.1 Å². The van der Waals surface area contributed by atoms with Crippen molar-refractivity contribution in [1.82, 2.24) is 9.80 Å². The number of nitrogens with zero attached hydrogens (tertiary/aromatic N) is 1. The number of benzene rings is 3. The first-order valence-corrected chi connectivity index (χ1v) is 14.0. The number of amides is 1. The van der Waals surface area contributed by atoms with Gasteiger partial charge in [-0.05, 0) is 79.1 Å². The fraction of sp³-hybridized carbons (Fsp3) is 0.375. The Morgan fingerprint density at radius 2 is 1.33 bits per heavy atom. The van der Waals surface area contributed by atoms with Gasteiger partial charge in [0, 0.05) is 11.6 Å². The number of ether oxygens (including phenoxy) is 2. The minimum Gasteiger partial charge on any atom is -0.494 e. The van der Waals surface area contributed by atoms with Crippen molar-refractivity contribution in [2.45, 2.75) is 44.9 Å². The monoisotopic (exact) mass is 551 g/mol. The van der Waals surface area contributed by atoms with Crippen LogP contribution >= 0.6 is 11.6 Å². The SMILES string of the molecule is C[N+](C)(C)c1ccc(CC(=O)NCCCCCCCCOc2ccc(OC(=O)c3ccc(Cl)cc3)cc2)cc1. The summed E-state index contributed by atoms with van der Waals surface area (Å²) in [7, 11) is 6.38. The molecule has 39 heavy (non-hydrogen) atoms. The molecule has 1 N–H and O–H groups in total. The zero-order chi connectivity index (χ0) is 28.1. The van der Waals surface area contributed by atoms with Crippen molar-refractivity contribution >= 4 is 29.2 Å². The molecule has 0 spiro atoms. The van der Waals surface area contributed by atoms with Crippen LogP contribution in [0, 0.1) is 0 Å². The summed E-state index contributed by atoms with van der Waals surface area (Å²) < 4.78 is 12.0. The van der Waals surface area contributed by atoms with E-state index in [1.54, 1.807) is 48.5 Å². The Morgan fingerprint density at radius 1 is 0.744 bits per heavy atom. The average molecular weight is 552 g/mol. The minimum atomic E-state index is -0.427. The third-order valence-corrected chi connectivity index (χ3v) is 6.60. The number of nitrogens with one attached hydrogen (secondary N) is 1. The maximum Gasteiger partial charge on any atom is 0.343 e.